The summed E-state index contributed by atoms with van der Waals surface area (Å²) >= 11 is 1.44. The molecular weight excluding hydrogens is 439 g/mol. The van der Waals surface area contributed by atoms with E-state index in [0.717, 1.165) is 5.56 Å². The summed E-state index contributed by atoms with van der Waals surface area (Å²) in [5.74, 6) is 0.414. The first-order valence-electron chi connectivity index (χ1n) is 10.7. The summed E-state index contributed by atoms with van der Waals surface area (Å²) in [7, 11) is 1.57. The fourth-order valence-corrected chi connectivity index (χ4v) is 5.98. The quantitative estimate of drug-likeness (QED) is 0.563. The van der Waals surface area contributed by atoms with Gasteiger partial charge in [0.2, 0.25) is 0 Å². The Morgan fingerprint density at radius 2 is 1.88 bits per heavy atom. The van der Waals surface area contributed by atoms with E-state index in [2.05, 4.69) is 0 Å². The van der Waals surface area contributed by atoms with Gasteiger partial charge in [-0.15, -0.1) is 11.8 Å². The summed E-state index contributed by atoms with van der Waals surface area (Å²) in [4.78, 5) is 29.7. The molecule has 168 valence electrons. The number of fused-ring (bicyclic) bond motifs is 2. The van der Waals surface area contributed by atoms with Gasteiger partial charge < -0.3 is 14.5 Å². The van der Waals surface area contributed by atoms with Crippen molar-refractivity contribution >= 4 is 29.3 Å². The molecule has 1 saturated heterocycles. The van der Waals surface area contributed by atoms with E-state index in [9.17, 15) is 14.0 Å². The first kappa shape index (κ1) is 21.5. The minimum atomic E-state index is -1.21. The number of carbonyl (C=O) groups excluding carboxylic acids is 2. The number of aryl methyl sites for hydroxylation is 1. The summed E-state index contributed by atoms with van der Waals surface area (Å²) in [6.45, 7) is 2.48. The van der Waals surface area contributed by atoms with Gasteiger partial charge >= 0.3 is 0 Å². The third-order valence-corrected chi connectivity index (χ3v) is 7.65. The Balaban J connectivity index is 1.62. The number of anilines is 1. The van der Waals surface area contributed by atoms with Crippen molar-refractivity contribution in [2.24, 2.45) is 0 Å². The minimum absolute atomic E-state index is 0.0830. The fourth-order valence-electron chi connectivity index (χ4n) is 4.53. The molecule has 5 nitrogen and oxygen atoms in total. The molecule has 0 radical (unpaired) electrons. The third-order valence-electron chi connectivity index (χ3n) is 6.23. The predicted molar refractivity (Wildman–Crippen MR) is 127 cm³/mol. The van der Waals surface area contributed by atoms with Gasteiger partial charge in [0.25, 0.3) is 11.8 Å². The molecule has 0 N–H and O–H groups in total. The van der Waals surface area contributed by atoms with Gasteiger partial charge in [-0.25, -0.2) is 4.39 Å². The summed E-state index contributed by atoms with van der Waals surface area (Å²) in [5, 5.41) is 0. The van der Waals surface area contributed by atoms with Crippen LogP contribution >= 0.6 is 11.8 Å². The Bertz CT molecular complexity index is 1250. The van der Waals surface area contributed by atoms with Crippen molar-refractivity contribution in [2.45, 2.75) is 18.3 Å². The molecule has 0 aromatic heterocycles. The van der Waals surface area contributed by atoms with Gasteiger partial charge in [0, 0.05) is 29.0 Å². The highest BCUT2D eigenvalue weighted by Crippen LogP contribution is 2.55. The van der Waals surface area contributed by atoms with Crippen LogP contribution in [-0.4, -0.2) is 36.1 Å². The minimum Gasteiger partial charge on any atom is -0.497 e. The zero-order chi connectivity index (χ0) is 23.2. The van der Waals surface area contributed by atoms with Crippen LogP contribution in [0.2, 0.25) is 0 Å². The van der Waals surface area contributed by atoms with Crippen molar-refractivity contribution in [3.05, 3.63) is 94.8 Å². The molecule has 0 bridgehead atoms. The van der Waals surface area contributed by atoms with Crippen LogP contribution in [0.25, 0.3) is 0 Å². The van der Waals surface area contributed by atoms with E-state index in [1.54, 1.807) is 53.3 Å². The molecule has 1 spiro atoms. The molecule has 2 amide bonds. The van der Waals surface area contributed by atoms with Gasteiger partial charge in [-0.3, -0.25) is 9.59 Å². The maximum atomic E-state index is 14.5. The molecular formula is C26H23FN2O3S. The number of ether oxygens (including phenoxy) is 1. The van der Waals surface area contributed by atoms with Crippen LogP contribution in [0.4, 0.5) is 10.1 Å². The number of benzene rings is 3. The van der Waals surface area contributed by atoms with Crippen molar-refractivity contribution < 1.29 is 18.7 Å². The summed E-state index contributed by atoms with van der Waals surface area (Å²) < 4.78 is 19.9. The number of hydrogen-bond acceptors (Lipinski definition) is 4. The molecule has 0 saturated carbocycles. The normalized spacial score (nSPS) is 19.3. The highest BCUT2D eigenvalue weighted by molar-refractivity contribution is 8.01. The molecule has 7 heteroatoms. The van der Waals surface area contributed by atoms with Crippen molar-refractivity contribution in [1.29, 1.82) is 0 Å². The molecule has 0 unspecified atom stereocenters. The van der Waals surface area contributed by atoms with Crippen molar-refractivity contribution in [3.63, 3.8) is 0 Å². The van der Waals surface area contributed by atoms with Gasteiger partial charge in [-0.05, 0) is 43.3 Å². The topological polar surface area (TPSA) is 49.9 Å². The lowest BCUT2D eigenvalue weighted by Crippen LogP contribution is -2.50. The van der Waals surface area contributed by atoms with Crippen LogP contribution in [0, 0.1) is 12.7 Å². The molecule has 3 aromatic carbocycles. The summed E-state index contributed by atoms with van der Waals surface area (Å²) in [6, 6.07) is 19.2. The van der Waals surface area contributed by atoms with Gasteiger partial charge in [0.1, 0.15) is 11.6 Å². The van der Waals surface area contributed by atoms with Crippen LogP contribution in [0.3, 0.4) is 0 Å². The van der Waals surface area contributed by atoms with E-state index in [1.807, 2.05) is 31.2 Å². The van der Waals surface area contributed by atoms with E-state index in [-0.39, 0.29) is 24.2 Å². The SMILES string of the molecule is COc1ccc2c(c1)[C@@]1(SCCN1C(=O)c1ccc(C)cc1)C(=O)N2Cc1ccccc1F. The Hall–Kier alpha value is -3.32. The molecule has 2 aliphatic rings. The zero-order valence-corrected chi connectivity index (χ0v) is 19.2. The first-order valence-corrected chi connectivity index (χ1v) is 11.7. The van der Waals surface area contributed by atoms with Crippen LogP contribution in [0.1, 0.15) is 27.0 Å². The lowest BCUT2D eigenvalue weighted by Gasteiger charge is -2.33. The summed E-state index contributed by atoms with van der Waals surface area (Å²) in [5.41, 5.74) is 3.38. The van der Waals surface area contributed by atoms with Crippen molar-refractivity contribution in [2.75, 3.05) is 24.3 Å². The lowest BCUT2D eigenvalue weighted by molar-refractivity contribution is -0.123. The lowest BCUT2D eigenvalue weighted by atomic mass is 10.0. The van der Waals surface area contributed by atoms with Crippen LogP contribution in [0.5, 0.6) is 5.75 Å². The predicted octanol–water partition coefficient (Wildman–Crippen LogP) is 4.73. The van der Waals surface area contributed by atoms with Crippen LogP contribution in [-0.2, 0) is 16.2 Å². The number of hydrogen-bond donors (Lipinski definition) is 0. The second kappa shape index (κ2) is 8.23. The Kier molecular flexibility index (Phi) is 5.37. The van der Waals surface area contributed by atoms with E-state index in [4.69, 9.17) is 4.74 Å². The number of amides is 2. The zero-order valence-electron chi connectivity index (χ0n) is 18.4. The molecule has 33 heavy (non-hydrogen) atoms. The molecule has 5 rings (SSSR count). The fraction of sp³-hybridized carbons (Fsp3) is 0.231. The number of carbonyl (C=O) groups is 2. The van der Waals surface area contributed by atoms with Gasteiger partial charge in [-0.2, -0.15) is 0 Å². The number of halogens is 1. The standard InChI is InChI=1S/C26H23FN2O3S/c1-17-7-9-18(10-8-17)24(30)29-13-14-33-26(29)21-15-20(32-2)11-12-23(21)28(25(26)31)16-19-5-3-4-6-22(19)27/h3-12,15H,13-14,16H2,1-2H3/t26-/m1/s1. The Labute approximate surface area is 196 Å². The molecule has 2 heterocycles. The third kappa shape index (κ3) is 3.38. The van der Waals surface area contributed by atoms with Crippen LogP contribution in [0.15, 0.2) is 66.7 Å². The van der Waals surface area contributed by atoms with Gasteiger partial charge in [-0.1, -0.05) is 35.9 Å². The Morgan fingerprint density at radius 3 is 2.61 bits per heavy atom. The van der Waals surface area contributed by atoms with E-state index in [0.29, 0.717) is 40.4 Å². The molecule has 3 aromatic rings. The average Bonchev–Trinajstić information content (AvgIpc) is 3.37. The highest BCUT2D eigenvalue weighted by Gasteiger charge is 2.59. The maximum Gasteiger partial charge on any atom is 0.268 e. The maximum absolute atomic E-state index is 14.5. The van der Waals surface area contributed by atoms with E-state index in [1.165, 1.54) is 17.8 Å². The monoisotopic (exact) mass is 462 g/mol. The molecule has 1 fully saturated rings. The second-order valence-corrected chi connectivity index (χ2v) is 9.47. The van der Waals surface area contributed by atoms with Gasteiger partial charge in [0.15, 0.2) is 4.87 Å². The second-order valence-electron chi connectivity index (χ2n) is 8.18. The largest absolute Gasteiger partial charge is 0.497 e. The number of methoxy groups -OCH3 is 1. The van der Waals surface area contributed by atoms with E-state index < -0.39 is 4.87 Å². The van der Waals surface area contributed by atoms with E-state index >= 15 is 0 Å². The first-order chi connectivity index (χ1) is 16.0. The molecule has 1 atom stereocenters. The summed E-state index contributed by atoms with van der Waals surface area (Å²) in [6.07, 6.45) is 0. The Morgan fingerprint density at radius 1 is 1.12 bits per heavy atom. The molecule has 2 aliphatic heterocycles. The highest BCUT2D eigenvalue weighted by atomic mass is 32.2. The number of rotatable bonds is 4. The smallest absolute Gasteiger partial charge is 0.268 e. The van der Waals surface area contributed by atoms with Crippen molar-refractivity contribution in [3.8, 4) is 5.75 Å². The molecule has 0 aliphatic carbocycles. The average molecular weight is 463 g/mol. The van der Waals surface area contributed by atoms with Crippen molar-refractivity contribution in [1.82, 2.24) is 4.90 Å². The van der Waals surface area contributed by atoms with Gasteiger partial charge in [0.05, 0.1) is 19.3 Å². The van der Waals surface area contributed by atoms with Crippen LogP contribution < -0.4 is 9.64 Å². The number of nitrogens with zero attached hydrogens (tertiary/aromatic N) is 2. The number of thioether (sulfide) groups is 1.